The molecule has 0 saturated carbocycles. The smallest absolute Gasteiger partial charge is 0.275 e. The molecular formula is C13H17N5O2. The Morgan fingerprint density at radius 2 is 2.05 bits per heavy atom. The van der Waals surface area contributed by atoms with Crippen molar-refractivity contribution < 1.29 is 4.74 Å². The molecule has 7 nitrogen and oxygen atoms in total. The van der Waals surface area contributed by atoms with E-state index in [0.717, 1.165) is 24.5 Å². The number of aryl methyl sites for hydroxylation is 1. The number of rotatable bonds is 3. The molecule has 7 heteroatoms. The Morgan fingerprint density at radius 3 is 2.75 bits per heavy atom. The molecule has 3 heterocycles. The fourth-order valence-electron chi connectivity index (χ4n) is 2.25. The van der Waals surface area contributed by atoms with Gasteiger partial charge >= 0.3 is 0 Å². The van der Waals surface area contributed by atoms with Crippen LogP contribution in [0.4, 0.5) is 5.82 Å². The normalized spacial score (nSPS) is 15.6. The number of hydrogen-bond donors (Lipinski definition) is 1. The van der Waals surface area contributed by atoms with E-state index in [4.69, 9.17) is 4.74 Å². The Morgan fingerprint density at radius 1 is 1.30 bits per heavy atom. The molecule has 1 fully saturated rings. The lowest BCUT2D eigenvalue weighted by atomic mass is 10.3. The molecule has 20 heavy (non-hydrogen) atoms. The zero-order valence-corrected chi connectivity index (χ0v) is 11.4. The van der Waals surface area contributed by atoms with Crippen LogP contribution in [0.15, 0.2) is 23.4 Å². The summed E-state index contributed by atoms with van der Waals surface area (Å²) in [5.74, 6) is 1.38. The standard InChI is InChI=1S/C13H17N5O2/c1-2-10-8-16-18(13(10)19)12-7-11(14-9-15-12)17-3-5-20-6-4-17/h7-9,16H,2-6H2,1H3. The van der Waals surface area contributed by atoms with Gasteiger partial charge < -0.3 is 9.64 Å². The van der Waals surface area contributed by atoms with Gasteiger partial charge in [-0.1, -0.05) is 6.92 Å². The second kappa shape index (κ2) is 5.46. The van der Waals surface area contributed by atoms with Crippen molar-refractivity contribution in [1.82, 2.24) is 19.7 Å². The lowest BCUT2D eigenvalue weighted by Crippen LogP contribution is -2.36. The molecule has 1 aliphatic rings. The highest BCUT2D eigenvalue weighted by Gasteiger charge is 2.14. The molecule has 1 aliphatic heterocycles. The highest BCUT2D eigenvalue weighted by Crippen LogP contribution is 2.14. The van der Waals surface area contributed by atoms with Crippen LogP contribution in [0, 0.1) is 0 Å². The van der Waals surface area contributed by atoms with Gasteiger partial charge in [-0.2, -0.15) is 0 Å². The first-order chi connectivity index (χ1) is 9.79. The Hall–Kier alpha value is -2.15. The highest BCUT2D eigenvalue weighted by molar-refractivity contribution is 5.43. The first kappa shape index (κ1) is 12.9. The van der Waals surface area contributed by atoms with Crippen LogP contribution in [0.1, 0.15) is 12.5 Å². The molecule has 0 atom stereocenters. The first-order valence-electron chi connectivity index (χ1n) is 6.74. The summed E-state index contributed by atoms with van der Waals surface area (Å²) < 4.78 is 6.78. The first-order valence-corrected chi connectivity index (χ1v) is 6.74. The van der Waals surface area contributed by atoms with Crippen LogP contribution < -0.4 is 10.5 Å². The van der Waals surface area contributed by atoms with Crippen molar-refractivity contribution in [2.75, 3.05) is 31.2 Å². The van der Waals surface area contributed by atoms with Crippen LogP contribution >= 0.6 is 0 Å². The zero-order valence-electron chi connectivity index (χ0n) is 11.4. The van der Waals surface area contributed by atoms with Crippen molar-refractivity contribution in [3.05, 3.63) is 34.5 Å². The number of nitrogens with one attached hydrogen (secondary N) is 1. The number of aromatic nitrogens is 4. The number of aromatic amines is 1. The lowest BCUT2D eigenvalue weighted by Gasteiger charge is -2.27. The Balaban J connectivity index is 1.94. The van der Waals surface area contributed by atoms with Gasteiger partial charge in [0.1, 0.15) is 12.1 Å². The second-order valence-corrected chi connectivity index (χ2v) is 4.63. The van der Waals surface area contributed by atoms with E-state index < -0.39 is 0 Å². The van der Waals surface area contributed by atoms with Gasteiger partial charge in [-0.15, -0.1) is 0 Å². The monoisotopic (exact) mass is 275 g/mol. The van der Waals surface area contributed by atoms with Crippen LogP contribution in [0.2, 0.25) is 0 Å². The molecule has 2 aromatic rings. The topological polar surface area (TPSA) is 76.0 Å². The van der Waals surface area contributed by atoms with Gasteiger partial charge in [-0.05, 0) is 6.42 Å². The second-order valence-electron chi connectivity index (χ2n) is 4.63. The highest BCUT2D eigenvalue weighted by atomic mass is 16.5. The van der Waals surface area contributed by atoms with E-state index in [-0.39, 0.29) is 5.56 Å². The average molecular weight is 275 g/mol. The maximum Gasteiger partial charge on any atom is 0.275 e. The van der Waals surface area contributed by atoms with Gasteiger partial charge in [0.2, 0.25) is 0 Å². The number of nitrogens with zero attached hydrogens (tertiary/aromatic N) is 4. The van der Waals surface area contributed by atoms with Crippen molar-refractivity contribution in [3.8, 4) is 5.82 Å². The predicted molar refractivity (Wildman–Crippen MR) is 74.4 cm³/mol. The van der Waals surface area contributed by atoms with E-state index in [2.05, 4.69) is 20.0 Å². The SMILES string of the molecule is CCc1c[nH]n(-c2cc(N3CCOCC3)ncn2)c1=O. The third kappa shape index (κ3) is 2.32. The van der Waals surface area contributed by atoms with Crippen LogP contribution in [-0.2, 0) is 11.2 Å². The summed E-state index contributed by atoms with van der Waals surface area (Å²) in [5.41, 5.74) is 0.690. The van der Waals surface area contributed by atoms with Crippen LogP contribution in [-0.4, -0.2) is 46.1 Å². The minimum atomic E-state index is -0.0564. The molecule has 0 bridgehead atoms. The van der Waals surface area contributed by atoms with Crippen LogP contribution in [0.3, 0.4) is 0 Å². The van der Waals surface area contributed by atoms with Crippen molar-refractivity contribution in [3.63, 3.8) is 0 Å². The summed E-state index contributed by atoms with van der Waals surface area (Å²) in [4.78, 5) is 22.7. The Bertz CT molecular complexity index is 642. The van der Waals surface area contributed by atoms with Crippen molar-refractivity contribution in [2.24, 2.45) is 0 Å². The summed E-state index contributed by atoms with van der Waals surface area (Å²) in [6.45, 7) is 4.95. The van der Waals surface area contributed by atoms with Gasteiger partial charge in [0, 0.05) is 30.9 Å². The molecule has 1 N–H and O–H groups in total. The van der Waals surface area contributed by atoms with E-state index >= 15 is 0 Å². The minimum absolute atomic E-state index is 0.0564. The number of ether oxygens (including phenoxy) is 1. The molecular weight excluding hydrogens is 258 g/mol. The van der Waals surface area contributed by atoms with Crippen molar-refractivity contribution in [2.45, 2.75) is 13.3 Å². The molecule has 2 aromatic heterocycles. The van der Waals surface area contributed by atoms with Crippen LogP contribution in [0.5, 0.6) is 0 Å². The van der Waals surface area contributed by atoms with E-state index in [1.54, 1.807) is 6.20 Å². The summed E-state index contributed by atoms with van der Waals surface area (Å²) in [6.07, 6.45) is 3.90. The van der Waals surface area contributed by atoms with E-state index in [0.29, 0.717) is 25.5 Å². The number of H-pyrrole nitrogens is 1. The molecule has 0 unspecified atom stereocenters. The maximum atomic E-state index is 12.1. The quantitative estimate of drug-likeness (QED) is 0.875. The average Bonchev–Trinajstić information content (AvgIpc) is 2.89. The summed E-state index contributed by atoms with van der Waals surface area (Å²) in [5, 5.41) is 2.94. The van der Waals surface area contributed by atoms with Crippen LogP contribution in [0.25, 0.3) is 5.82 Å². The largest absolute Gasteiger partial charge is 0.378 e. The third-order valence-corrected chi connectivity index (χ3v) is 3.43. The van der Waals surface area contributed by atoms with Gasteiger partial charge in [0.05, 0.1) is 13.2 Å². The van der Waals surface area contributed by atoms with E-state index in [1.165, 1.54) is 11.0 Å². The molecule has 0 spiro atoms. The third-order valence-electron chi connectivity index (χ3n) is 3.43. The van der Waals surface area contributed by atoms with Gasteiger partial charge in [-0.3, -0.25) is 9.89 Å². The molecule has 0 amide bonds. The summed E-state index contributed by atoms with van der Waals surface area (Å²) in [6, 6.07) is 1.82. The molecule has 106 valence electrons. The maximum absolute atomic E-state index is 12.1. The summed E-state index contributed by atoms with van der Waals surface area (Å²) >= 11 is 0. The Kier molecular flexibility index (Phi) is 3.51. The van der Waals surface area contributed by atoms with Crippen molar-refractivity contribution in [1.29, 1.82) is 0 Å². The fraction of sp³-hybridized carbons (Fsp3) is 0.462. The molecule has 0 aromatic carbocycles. The molecule has 0 radical (unpaired) electrons. The summed E-state index contributed by atoms with van der Waals surface area (Å²) in [7, 11) is 0. The zero-order chi connectivity index (χ0) is 13.9. The van der Waals surface area contributed by atoms with E-state index in [9.17, 15) is 4.79 Å². The molecule has 3 rings (SSSR count). The lowest BCUT2D eigenvalue weighted by molar-refractivity contribution is 0.122. The number of morpholine rings is 1. The predicted octanol–water partition coefficient (Wildman–Crippen LogP) is 0.355. The molecule has 0 aliphatic carbocycles. The number of hydrogen-bond acceptors (Lipinski definition) is 5. The molecule has 1 saturated heterocycles. The number of anilines is 1. The van der Waals surface area contributed by atoms with Gasteiger partial charge in [0.15, 0.2) is 5.82 Å². The van der Waals surface area contributed by atoms with E-state index in [1.807, 2.05) is 13.0 Å². The van der Waals surface area contributed by atoms with Crippen molar-refractivity contribution >= 4 is 5.82 Å². The van der Waals surface area contributed by atoms with Gasteiger partial charge in [-0.25, -0.2) is 14.6 Å². The fourth-order valence-corrected chi connectivity index (χ4v) is 2.25. The minimum Gasteiger partial charge on any atom is -0.378 e. The van der Waals surface area contributed by atoms with Gasteiger partial charge in [0.25, 0.3) is 5.56 Å². The Labute approximate surface area is 116 Å².